The molecule has 1 amide bonds. The topological polar surface area (TPSA) is 64.3 Å². The van der Waals surface area contributed by atoms with E-state index in [4.69, 9.17) is 10.5 Å². The first-order chi connectivity index (χ1) is 8.49. The largest absolute Gasteiger partial charge is 0.481 e. The Bertz CT molecular complexity index is 417. The van der Waals surface area contributed by atoms with Gasteiger partial charge >= 0.3 is 0 Å². The van der Waals surface area contributed by atoms with Crippen molar-refractivity contribution in [3.63, 3.8) is 0 Å². The molecule has 108 valence electrons. The third-order valence-electron chi connectivity index (χ3n) is 2.17. The fourth-order valence-electron chi connectivity index (χ4n) is 1.23. The van der Waals surface area contributed by atoms with Crippen LogP contribution in [0.25, 0.3) is 0 Å². The number of amides is 1. The molecular formula is C12H17ClF2N2O2. The van der Waals surface area contributed by atoms with Crippen molar-refractivity contribution < 1.29 is 18.3 Å². The molecule has 7 heteroatoms. The van der Waals surface area contributed by atoms with Crippen LogP contribution < -0.4 is 15.8 Å². The van der Waals surface area contributed by atoms with Gasteiger partial charge in [-0.05, 0) is 25.5 Å². The van der Waals surface area contributed by atoms with Gasteiger partial charge in [-0.25, -0.2) is 8.78 Å². The lowest BCUT2D eigenvalue weighted by Gasteiger charge is -2.09. The number of nitrogens with two attached hydrogens (primary N) is 1. The average Bonchev–Trinajstić information content (AvgIpc) is 2.27. The number of carbonyl (C=O) groups is 1. The van der Waals surface area contributed by atoms with Crippen LogP contribution in [0.4, 0.5) is 8.78 Å². The molecule has 0 heterocycles. The highest BCUT2D eigenvalue weighted by molar-refractivity contribution is 5.85. The predicted octanol–water partition coefficient (Wildman–Crippen LogP) is 1.62. The van der Waals surface area contributed by atoms with Crippen LogP contribution >= 0.6 is 12.4 Å². The number of hydrogen-bond acceptors (Lipinski definition) is 3. The second-order valence-corrected chi connectivity index (χ2v) is 3.98. The molecule has 19 heavy (non-hydrogen) atoms. The minimum atomic E-state index is -0.835. The Morgan fingerprint density at radius 1 is 1.47 bits per heavy atom. The molecule has 0 aliphatic rings. The van der Waals surface area contributed by atoms with Crippen LogP contribution in [0, 0.1) is 11.6 Å². The third kappa shape index (κ3) is 6.93. The van der Waals surface area contributed by atoms with Gasteiger partial charge in [-0.3, -0.25) is 4.79 Å². The molecule has 0 fully saturated rings. The van der Waals surface area contributed by atoms with Gasteiger partial charge in [-0.15, -0.1) is 12.4 Å². The fraction of sp³-hybridized carbons (Fsp3) is 0.417. The smallest absolute Gasteiger partial charge is 0.257 e. The second kappa shape index (κ2) is 8.66. The van der Waals surface area contributed by atoms with E-state index in [0.29, 0.717) is 19.0 Å². The van der Waals surface area contributed by atoms with Gasteiger partial charge in [0.15, 0.2) is 18.2 Å². The molecule has 0 aliphatic carbocycles. The van der Waals surface area contributed by atoms with Crippen molar-refractivity contribution in [3.05, 3.63) is 29.8 Å². The standard InChI is InChI=1S/C12H16F2N2O2.ClH/c1-8(15)4-5-16-12(17)7-18-11-3-2-9(13)6-10(11)14;/h2-3,6,8H,4-5,7,15H2,1H3,(H,16,17);1H. The van der Waals surface area contributed by atoms with Crippen LogP contribution in [0.15, 0.2) is 18.2 Å². The molecule has 1 aromatic carbocycles. The van der Waals surface area contributed by atoms with Crippen molar-refractivity contribution >= 4 is 18.3 Å². The number of halogens is 3. The quantitative estimate of drug-likeness (QED) is 0.838. The summed E-state index contributed by atoms with van der Waals surface area (Å²) < 4.78 is 30.7. The van der Waals surface area contributed by atoms with Gasteiger partial charge in [0.25, 0.3) is 5.91 Å². The van der Waals surface area contributed by atoms with Crippen molar-refractivity contribution in [1.29, 1.82) is 0 Å². The molecule has 3 N–H and O–H groups in total. The number of hydrogen-bond donors (Lipinski definition) is 2. The molecule has 0 bridgehead atoms. The van der Waals surface area contributed by atoms with Crippen LogP contribution in [-0.2, 0) is 4.79 Å². The minimum absolute atomic E-state index is 0. The summed E-state index contributed by atoms with van der Waals surface area (Å²) in [7, 11) is 0. The van der Waals surface area contributed by atoms with Crippen molar-refractivity contribution in [2.75, 3.05) is 13.2 Å². The van der Waals surface area contributed by atoms with Gasteiger partial charge in [-0.1, -0.05) is 0 Å². The first kappa shape index (κ1) is 17.6. The molecule has 0 aliphatic heterocycles. The van der Waals surface area contributed by atoms with Crippen molar-refractivity contribution in [3.8, 4) is 5.75 Å². The summed E-state index contributed by atoms with van der Waals surface area (Å²) in [4.78, 5) is 11.3. The van der Waals surface area contributed by atoms with Gasteiger partial charge in [0.2, 0.25) is 0 Å². The average molecular weight is 295 g/mol. The molecule has 1 rings (SSSR count). The van der Waals surface area contributed by atoms with E-state index < -0.39 is 11.6 Å². The van der Waals surface area contributed by atoms with E-state index in [1.54, 1.807) is 0 Å². The molecule has 0 saturated carbocycles. The minimum Gasteiger partial charge on any atom is -0.481 e. The highest BCUT2D eigenvalue weighted by Crippen LogP contribution is 2.17. The molecule has 1 atom stereocenters. The van der Waals surface area contributed by atoms with Crippen LogP contribution in [0.3, 0.4) is 0 Å². The Labute approximate surface area is 116 Å². The Balaban J connectivity index is 0.00000324. The van der Waals surface area contributed by atoms with E-state index in [1.165, 1.54) is 0 Å². The summed E-state index contributed by atoms with van der Waals surface area (Å²) in [5.74, 6) is -2.06. The van der Waals surface area contributed by atoms with Gasteiger partial charge in [0, 0.05) is 18.7 Å². The zero-order valence-corrected chi connectivity index (χ0v) is 11.3. The van der Waals surface area contributed by atoms with Gasteiger partial charge in [0.1, 0.15) is 5.82 Å². The van der Waals surface area contributed by atoms with E-state index in [-0.39, 0.29) is 36.7 Å². The third-order valence-corrected chi connectivity index (χ3v) is 2.17. The Morgan fingerprint density at radius 2 is 2.16 bits per heavy atom. The van der Waals surface area contributed by atoms with E-state index >= 15 is 0 Å². The maximum absolute atomic E-state index is 13.1. The molecule has 1 unspecified atom stereocenters. The summed E-state index contributed by atoms with van der Waals surface area (Å²) in [6.07, 6.45) is 0.649. The first-order valence-corrected chi connectivity index (χ1v) is 5.59. The SMILES string of the molecule is CC(N)CCNC(=O)COc1ccc(F)cc1F.Cl. The number of rotatable bonds is 6. The molecule has 0 radical (unpaired) electrons. The summed E-state index contributed by atoms with van der Waals surface area (Å²) >= 11 is 0. The molecule has 0 spiro atoms. The second-order valence-electron chi connectivity index (χ2n) is 3.98. The van der Waals surface area contributed by atoms with Gasteiger partial charge in [-0.2, -0.15) is 0 Å². The van der Waals surface area contributed by atoms with E-state index in [2.05, 4.69) is 5.32 Å². The Hall–Kier alpha value is -1.40. The van der Waals surface area contributed by atoms with Crippen molar-refractivity contribution in [2.45, 2.75) is 19.4 Å². The summed E-state index contributed by atoms with van der Waals surface area (Å²) in [5, 5.41) is 2.57. The van der Waals surface area contributed by atoms with E-state index in [1.807, 2.05) is 6.92 Å². The zero-order chi connectivity index (χ0) is 13.5. The van der Waals surface area contributed by atoms with Crippen LogP contribution in [0.5, 0.6) is 5.75 Å². The van der Waals surface area contributed by atoms with Gasteiger partial charge < -0.3 is 15.8 Å². The van der Waals surface area contributed by atoms with Crippen molar-refractivity contribution in [1.82, 2.24) is 5.32 Å². The first-order valence-electron chi connectivity index (χ1n) is 5.59. The molecule has 4 nitrogen and oxygen atoms in total. The van der Waals surface area contributed by atoms with Gasteiger partial charge in [0.05, 0.1) is 0 Å². The fourth-order valence-corrected chi connectivity index (χ4v) is 1.23. The zero-order valence-electron chi connectivity index (χ0n) is 10.5. The highest BCUT2D eigenvalue weighted by atomic mass is 35.5. The lowest BCUT2D eigenvalue weighted by atomic mass is 10.2. The Kier molecular flexibility index (Phi) is 8.02. The Morgan fingerprint density at radius 3 is 2.74 bits per heavy atom. The van der Waals surface area contributed by atoms with E-state index in [9.17, 15) is 13.6 Å². The normalized spacial score (nSPS) is 11.4. The van der Waals surface area contributed by atoms with Crippen molar-refractivity contribution in [2.24, 2.45) is 5.73 Å². The molecule has 0 aromatic heterocycles. The monoisotopic (exact) mass is 294 g/mol. The number of carbonyl (C=O) groups excluding carboxylic acids is 1. The van der Waals surface area contributed by atoms with E-state index in [0.717, 1.165) is 12.1 Å². The maximum atomic E-state index is 13.1. The number of ether oxygens (including phenoxy) is 1. The van der Waals surface area contributed by atoms with Crippen LogP contribution in [0.1, 0.15) is 13.3 Å². The lowest BCUT2D eigenvalue weighted by Crippen LogP contribution is -2.32. The maximum Gasteiger partial charge on any atom is 0.257 e. The number of benzene rings is 1. The molecular weight excluding hydrogens is 278 g/mol. The summed E-state index contributed by atoms with van der Waals surface area (Å²) in [5.41, 5.74) is 5.51. The van der Waals surface area contributed by atoms with Crippen LogP contribution in [-0.4, -0.2) is 25.1 Å². The van der Waals surface area contributed by atoms with Crippen LogP contribution in [0.2, 0.25) is 0 Å². The molecule has 1 aromatic rings. The summed E-state index contributed by atoms with van der Waals surface area (Å²) in [6, 6.07) is 2.90. The summed E-state index contributed by atoms with van der Waals surface area (Å²) in [6.45, 7) is 1.95. The predicted molar refractivity (Wildman–Crippen MR) is 70.4 cm³/mol. The highest BCUT2D eigenvalue weighted by Gasteiger charge is 2.07. The lowest BCUT2D eigenvalue weighted by molar-refractivity contribution is -0.123. The number of nitrogens with one attached hydrogen (secondary N) is 1. The molecule has 0 saturated heterocycles.